The van der Waals surface area contributed by atoms with Crippen molar-refractivity contribution < 1.29 is 19.0 Å². The lowest BCUT2D eigenvalue weighted by Gasteiger charge is -2.17. The van der Waals surface area contributed by atoms with Crippen LogP contribution in [0.2, 0.25) is 0 Å². The highest BCUT2D eigenvalue weighted by Gasteiger charge is 2.28. The molecule has 1 heterocycles. The lowest BCUT2D eigenvalue weighted by Crippen LogP contribution is -2.11. The molecule has 2 aliphatic rings. The van der Waals surface area contributed by atoms with E-state index in [0.29, 0.717) is 31.4 Å². The van der Waals surface area contributed by atoms with E-state index in [1.165, 1.54) is 12.1 Å². The number of carbonyl (C=O) groups is 1. The number of aliphatic hydroxyl groups is 1. The molecule has 0 aromatic heterocycles. The summed E-state index contributed by atoms with van der Waals surface area (Å²) in [6, 6.07) is 3.06. The van der Waals surface area contributed by atoms with Crippen LogP contribution in [0.5, 0.6) is 0 Å². The Hall–Kier alpha value is -1.68. The van der Waals surface area contributed by atoms with Gasteiger partial charge < -0.3 is 9.84 Å². The topological polar surface area (TPSA) is 46.5 Å². The van der Waals surface area contributed by atoms with Crippen molar-refractivity contribution >= 4 is 11.5 Å². The standard InChI is InChI=1S/C14H13FO3/c15-11-3-1-9(8-5-6-18-13(17)7-8)10-2-4-12(16)14(10)11/h1,3,7,12,16H,2,4-6H2. The van der Waals surface area contributed by atoms with Crippen LogP contribution in [-0.4, -0.2) is 17.7 Å². The van der Waals surface area contributed by atoms with E-state index in [1.807, 2.05) is 0 Å². The molecule has 18 heavy (non-hydrogen) atoms. The Labute approximate surface area is 104 Å². The molecule has 1 unspecified atom stereocenters. The van der Waals surface area contributed by atoms with Crippen LogP contribution in [0.3, 0.4) is 0 Å². The number of aliphatic hydroxyl groups excluding tert-OH is 1. The predicted octanol–water partition coefficient (Wildman–Crippen LogP) is 2.14. The summed E-state index contributed by atoms with van der Waals surface area (Å²) < 4.78 is 18.5. The molecular weight excluding hydrogens is 235 g/mol. The highest BCUT2D eigenvalue weighted by atomic mass is 19.1. The van der Waals surface area contributed by atoms with Crippen LogP contribution in [0.25, 0.3) is 5.57 Å². The minimum Gasteiger partial charge on any atom is -0.462 e. The smallest absolute Gasteiger partial charge is 0.331 e. The van der Waals surface area contributed by atoms with Crippen LogP contribution >= 0.6 is 0 Å². The van der Waals surface area contributed by atoms with Gasteiger partial charge in [0.15, 0.2) is 0 Å². The lowest BCUT2D eigenvalue weighted by molar-refractivity contribution is -0.138. The molecule has 0 spiro atoms. The zero-order valence-electron chi connectivity index (χ0n) is 9.78. The summed E-state index contributed by atoms with van der Waals surface area (Å²) in [5.41, 5.74) is 2.98. The number of carbonyl (C=O) groups excluding carboxylic acids is 1. The monoisotopic (exact) mass is 248 g/mol. The second-order valence-electron chi connectivity index (χ2n) is 4.63. The van der Waals surface area contributed by atoms with Gasteiger partial charge in [0, 0.05) is 18.1 Å². The van der Waals surface area contributed by atoms with Crippen molar-refractivity contribution in [2.75, 3.05) is 6.61 Å². The SMILES string of the molecule is O=C1C=C(c2ccc(F)c3c2CCC3O)CCO1. The van der Waals surface area contributed by atoms with Gasteiger partial charge in [-0.15, -0.1) is 0 Å². The Morgan fingerprint density at radius 3 is 2.94 bits per heavy atom. The number of fused-ring (bicyclic) bond motifs is 1. The summed E-state index contributed by atoms with van der Waals surface area (Å²) in [7, 11) is 0. The van der Waals surface area contributed by atoms with Gasteiger partial charge in [-0.2, -0.15) is 0 Å². The summed E-state index contributed by atoms with van der Waals surface area (Å²) in [5.74, 6) is -0.717. The fourth-order valence-corrected chi connectivity index (χ4v) is 2.72. The van der Waals surface area contributed by atoms with E-state index < -0.39 is 6.10 Å². The number of ether oxygens (including phenoxy) is 1. The first kappa shape index (κ1) is 11.4. The molecular formula is C14H13FO3. The zero-order valence-corrected chi connectivity index (χ0v) is 9.78. The number of hydrogen-bond donors (Lipinski definition) is 1. The molecule has 0 saturated heterocycles. The average Bonchev–Trinajstić information content (AvgIpc) is 2.73. The van der Waals surface area contributed by atoms with Crippen LogP contribution in [-0.2, 0) is 16.0 Å². The van der Waals surface area contributed by atoms with Gasteiger partial charge in [0.05, 0.1) is 12.7 Å². The third-order valence-electron chi connectivity index (χ3n) is 3.56. The maximum absolute atomic E-state index is 13.7. The van der Waals surface area contributed by atoms with Crippen LogP contribution in [0.1, 0.15) is 35.6 Å². The molecule has 0 radical (unpaired) electrons. The van der Waals surface area contributed by atoms with E-state index in [2.05, 4.69) is 0 Å². The number of benzene rings is 1. The van der Waals surface area contributed by atoms with Gasteiger partial charge in [0.2, 0.25) is 0 Å². The van der Waals surface area contributed by atoms with E-state index in [1.54, 1.807) is 6.07 Å². The molecule has 0 amide bonds. The Balaban J connectivity index is 2.12. The minimum atomic E-state index is -0.726. The molecule has 0 fully saturated rings. The predicted molar refractivity (Wildman–Crippen MR) is 63.2 cm³/mol. The van der Waals surface area contributed by atoms with Gasteiger partial charge in [0.25, 0.3) is 0 Å². The number of cyclic esters (lactones) is 1. The second kappa shape index (κ2) is 4.21. The first-order valence-corrected chi connectivity index (χ1v) is 6.04. The second-order valence-corrected chi connectivity index (χ2v) is 4.63. The molecule has 94 valence electrons. The molecule has 1 aliphatic heterocycles. The normalized spacial score (nSPS) is 22.4. The Morgan fingerprint density at radius 2 is 2.17 bits per heavy atom. The van der Waals surface area contributed by atoms with E-state index in [0.717, 1.165) is 16.7 Å². The Kier molecular flexibility index (Phi) is 2.67. The van der Waals surface area contributed by atoms with Crippen molar-refractivity contribution in [3.63, 3.8) is 0 Å². The summed E-state index contributed by atoms with van der Waals surface area (Å²) in [6.07, 6.45) is 2.56. The molecule has 4 heteroatoms. The lowest BCUT2D eigenvalue weighted by atomic mass is 9.93. The van der Waals surface area contributed by atoms with Crippen molar-refractivity contribution in [2.24, 2.45) is 0 Å². The Bertz CT molecular complexity index is 548. The van der Waals surface area contributed by atoms with Crippen molar-refractivity contribution in [3.05, 3.63) is 40.7 Å². The van der Waals surface area contributed by atoms with E-state index in [4.69, 9.17) is 4.74 Å². The highest BCUT2D eigenvalue weighted by molar-refractivity contribution is 5.93. The van der Waals surface area contributed by atoms with Crippen molar-refractivity contribution in [1.29, 1.82) is 0 Å². The molecule has 1 N–H and O–H groups in total. The third-order valence-corrected chi connectivity index (χ3v) is 3.56. The van der Waals surface area contributed by atoms with Crippen molar-refractivity contribution in [2.45, 2.75) is 25.4 Å². The summed E-state index contributed by atoms with van der Waals surface area (Å²) in [5, 5.41) is 9.79. The van der Waals surface area contributed by atoms with Crippen LogP contribution in [0.4, 0.5) is 4.39 Å². The van der Waals surface area contributed by atoms with Gasteiger partial charge in [-0.1, -0.05) is 6.07 Å². The summed E-state index contributed by atoms with van der Waals surface area (Å²) in [6.45, 7) is 0.360. The molecule has 3 nitrogen and oxygen atoms in total. The highest BCUT2D eigenvalue weighted by Crippen LogP contribution is 2.38. The molecule has 1 atom stereocenters. The molecule has 1 aromatic carbocycles. The summed E-state index contributed by atoms with van der Waals surface area (Å²) >= 11 is 0. The van der Waals surface area contributed by atoms with Gasteiger partial charge >= 0.3 is 5.97 Å². The molecule has 1 aromatic rings. The third kappa shape index (κ3) is 1.73. The molecule has 0 bridgehead atoms. The first-order chi connectivity index (χ1) is 8.66. The van der Waals surface area contributed by atoms with E-state index >= 15 is 0 Å². The zero-order chi connectivity index (χ0) is 12.7. The van der Waals surface area contributed by atoms with Gasteiger partial charge in [-0.25, -0.2) is 9.18 Å². The minimum absolute atomic E-state index is 0.354. The molecule has 3 rings (SSSR count). The number of rotatable bonds is 1. The van der Waals surface area contributed by atoms with Gasteiger partial charge in [0.1, 0.15) is 5.82 Å². The van der Waals surface area contributed by atoms with Crippen molar-refractivity contribution in [3.8, 4) is 0 Å². The van der Waals surface area contributed by atoms with Crippen molar-refractivity contribution in [1.82, 2.24) is 0 Å². The summed E-state index contributed by atoms with van der Waals surface area (Å²) in [4.78, 5) is 11.3. The number of esters is 1. The average molecular weight is 248 g/mol. The van der Waals surface area contributed by atoms with E-state index in [9.17, 15) is 14.3 Å². The number of halogens is 1. The number of hydrogen-bond acceptors (Lipinski definition) is 3. The van der Waals surface area contributed by atoms with Gasteiger partial charge in [-0.3, -0.25) is 0 Å². The Morgan fingerprint density at radius 1 is 1.33 bits per heavy atom. The maximum Gasteiger partial charge on any atom is 0.331 e. The molecule has 1 aliphatic carbocycles. The largest absolute Gasteiger partial charge is 0.462 e. The fourth-order valence-electron chi connectivity index (χ4n) is 2.72. The fraction of sp³-hybridized carbons (Fsp3) is 0.357. The van der Waals surface area contributed by atoms with E-state index in [-0.39, 0.29) is 11.8 Å². The first-order valence-electron chi connectivity index (χ1n) is 6.04. The van der Waals surface area contributed by atoms with Crippen LogP contribution in [0.15, 0.2) is 18.2 Å². The maximum atomic E-state index is 13.7. The molecule has 0 saturated carbocycles. The van der Waals surface area contributed by atoms with Gasteiger partial charge in [-0.05, 0) is 35.6 Å². The quantitative estimate of drug-likeness (QED) is 0.774. The van der Waals surface area contributed by atoms with Crippen LogP contribution < -0.4 is 0 Å². The van der Waals surface area contributed by atoms with Crippen LogP contribution in [0, 0.1) is 5.82 Å².